The number of nitrogens with zero attached hydrogens (tertiary/aromatic N) is 5. The Labute approximate surface area is 165 Å². The Morgan fingerprint density at radius 1 is 1.11 bits per heavy atom. The first-order valence-electron chi connectivity index (χ1n) is 9.92. The third-order valence-electron chi connectivity index (χ3n) is 5.50. The summed E-state index contributed by atoms with van der Waals surface area (Å²) in [5.74, 6) is 0.500. The van der Waals surface area contributed by atoms with Gasteiger partial charge in [-0.15, -0.1) is 0 Å². The van der Waals surface area contributed by atoms with Crippen LogP contribution in [0.3, 0.4) is 0 Å². The van der Waals surface area contributed by atoms with Crippen molar-refractivity contribution in [2.75, 3.05) is 13.1 Å². The zero-order valence-corrected chi connectivity index (χ0v) is 16.6. The third-order valence-corrected chi connectivity index (χ3v) is 5.50. The topological polar surface area (TPSA) is 63.9 Å². The van der Waals surface area contributed by atoms with Crippen molar-refractivity contribution in [3.63, 3.8) is 0 Å². The predicted molar refractivity (Wildman–Crippen MR) is 109 cm³/mol. The number of aromatic nitrogens is 4. The molecule has 6 nitrogen and oxygen atoms in total. The van der Waals surface area contributed by atoms with Gasteiger partial charge in [-0.2, -0.15) is 5.10 Å². The van der Waals surface area contributed by atoms with Gasteiger partial charge in [0.25, 0.3) is 11.9 Å². The van der Waals surface area contributed by atoms with Gasteiger partial charge in [-0.05, 0) is 51.2 Å². The zero-order valence-electron chi connectivity index (χ0n) is 16.6. The molecule has 144 valence electrons. The highest BCUT2D eigenvalue weighted by molar-refractivity contribution is 5.95. The van der Waals surface area contributed by atoms with E-state index in [2.05, 4.69) is 34.3 Å². The fourth-order valence-corrected chi connectivity index (χ4v) is 3.86. The molecule has 0 aliphatic heterocycles. The van der Waals surface area contributed by atoms with Gasteiger partial charge in [-0.3, -0.25) is 4.79 Å². The number of fused-ring (bicyclic) bond motifs is 3. The van der Waals surface area contributed by atoms with Crippen LogP contribution >= 0.6 is 0 Å². The van der Waals surface area contributed by atoms with E-state index in [0.717, 1.165) is 36.2 Å². The Kier molecular flexibility index (Phi) is 4.94. The highest BCUT2D eigenvalue weighted by atomic mass is 16.2. The van der Waals surface area contributed by atoms with Crippen molar-refractivity contribution >= 4 is 5.91 Å². The molecule has 3 aromatic rings. The average Bonchev–Trinajstić information content (AvgIpc) is 3.00. The molecule has 2 heterocycles. The fraction of sp³-hybridized carbons (Fsp3) is 0.364. The number of carbonyl (C=O) groups excluding carboxylic acids is 1. The van der Waals surface area contributed by atoms with Gasteiger partial charge >= 0.3 is 0 Å². The third kappa shape index (κ3) is 3.09. The first kappa shape index (κ1) is 18.3. The van der Waals surface area contributed by atoms with Gasteiger partial charge in [0, 0.05) is 24.8 Å². The van der Waals surface area contributed by atoms with Crippen LogP contribution in [-0.4, -0.2) is 43.6 Å². The number of rotatable bonds is 4. The number of carbonyl (C=O) groups is 1. The van der Waals surface area contributed by atoms with Gasteiger partial charge in [-0.25, -0.2) is 14.6 Å². The van der Waals surface area contributed by atoms with E-state index in [1.807, 2.05) is 27.0 Å². The van der Waals surface area contributed by atoms with Crippen LogP contribution in [0.15, 0.2) is 36.7 Å². The SMILES string of the molecule is CCN(CC)C(=O)c1cnn(-c2ncc3c(n2)-c2ccccc2CCC3)c1C. The summed E-state index contributed by atoms with van der Waals surface area (Å²) in [7, 11) is 0. The molecule has 4 rings (SSSR count). The van der Waals surface area contributed by atoms with Crippen molar-refractivity contribution in [1.29, 1.82) is 0 Å². The van der Waals surface area contributed by atoms with Crippen LogP contribution in [0.25, 0.3) is 17.2 Å². The molecule has 28 heavy (non-hydrogen) atoms. The first-order chi connectivity index (χ1) is 13.6. The summed E-state index contributed by atoms with van der Waals surface area (Å²) in [6.07, 6.45) is 6.64. The van der Waals surface area contributed by atoms with Gasteiger partial charge < -0.3 is 4.90 Å². The van der Waals surface area contributed by atoms with E-state index in [4.69, 9.17) is 4.98 Å². The second-order valence-electron chi connectivity index (χ2n) is 7.09. The smallest absolute Gasteiger partial charge is 0.257 e. The van der Waals surface area contributed by atoms with Crippen molar-refractivity contribution < 1.29 is 4.79 Å². The monoisotopic (exact) mass is 375 g/mol. The Hall–Kier alpha value is -3.02. The van der Waals surface area contributed by atoms with Crippen molar-refractivity contribution in [3.05, 3.63) is 59.0 Å². The first-order valence-corrected chi connectivity index (χ1v) is 9.92. The molecule has 0 fully saturated rings. The molecule has 0 radical (unpaired) electrons. The lowest BCUT2D eigenvalue weighted by atomic mass is 10.0. The van der Waals surface area contributed by atoms with E-state index in [1.54, 1.807) is 15.8 Å². The Morgan fingerprint density at radius 2 is 1.86 bits per heavy atom. The van der Waals surface area contributed by atoms with Crippen LogP contribution in [0.5, 0.6) is 0 Å². The molecular weight excluding hydrogens is 350 g/mol. The minimum atomic E-state index is -0.00569. The van der Waals surface area contributed by atoms with E-state index in [1.165, 1.54) is 11.1 Å². The van der Waals surface area contributed by atoms with Crippen LogP contribution in [0.4, 0.5) is 0 Å². The second-order valence-corrected chi connectivity index (χ2v) is 7.09. The van der Waals surface area contributed by atoms with Crippen molar-refractivity contribution in [2.45, 2.75) is 40.0 Å². The summed E-state index contributed by atoms with van der Waals surface area (Å²) in [5, 5.41) is 4.43. The summed E-state index contributed by atoms with van der Waals surface area (Å²) in [6, 6.07) is 8.43. The van der Waals surface area contributed by atoms with Gasteiger partial charge in [0.15, 0.2) is 0 Å². The Balaban J connectivity index is 1.77. The molecule has 1 aliphatic carbocycles. The van der Waals surface area contributed by atoms with E-state index >= 15 is 0 Å². The van der Waals surface area contributed by atoms with E-state index in [0.29, 0.717) is 24.6 Å². The van der Waals surface area contributed by atoms with Crippen LogP contribution in [0.1, 0.15) is 47.4 Å². The maximum atomic E-state index is 12.7. The van der Waals surface area contributed by atoms with E-state index in [-0.39, 0.29) is 5.91 Å². The number of hydrogen-bond acceptors (Lipinski definition) is 4. The number of aryl methyl sites for hydroxylation is 2. The average molecular weight is 375 g/mol. The van der Waals surface area contributed by atoms with Gasteiger partial charge in [0.05, 0.1) is 23.1 Å². The maximum Gasteiger partial charge on any atom is 0.257 e. The van der Waals surface area contributed by atoms with Crippen LogP contribution in [-0.2, 0) is 12.8 Å². The molecule has 0 bridgehead atoms. The lowest BCUT2D eigenvalue weighted by molar-refractivity contribution is 0.0772. The molecule has 0 saturated heterocycles. The molecule has 0 unspecified atom stereocenters. The summed E-state index contributed by atoms with van der Waals surface area (Å²) < 4.78 is 1.67. The normalized spacial score (nSPS) is 12.8. The lowest BCUT2D eigenvalue weighted by Crippen LogP contribution is -2.30. The number of benzene rings is 1. The predicted octanol–water partition coefficient (Wildman–Crippen LogP) is 3.61. The van der Waals surface area contributed by atoms with Crippen LogP contribution < -0.4 is 0 Å². The molecule has 1 aliphatic rings. The number of amides is 1. The molecule has 2 aromatic heterocycles. The Morgan fingerprint density at radius 3 is 2.64 bits per heavy atom. The summed E-state index contributed by atoms with van der Waals surface area (Å²) in [4.78, 5) is 24.0. The minimum absolute atomic E-state index is 0.00569. The quantitative estimate of drug-likeness (QED) is 0.699. The lowest BCUT2D eigenvalue weighted by Gasteiger charge is -2.18. The number of hydrogen-bond donors (Lipinski definition) is 0. The highest BCUT2D eigenvalue weighted by Crippen LogP contribution is 2.31. The van der Waals surface area contributed by atoms with E-state index in [9.17, 15) is 4.79 Å². The van der Waals surface area contributed by atoms with Gasteiger partial charge in [0.1, 0.15) is 0 Å². The molecule has 1 aromatic carbocycles. The van der Waals surface area contributed by atoms with Gasteiger partial charge in [0.2, 0.25) is 0 Å². The molecule has 6 heteroatoms. The summed E-state index contributed by atoms with van der Waals surface area (Å²) in [6.45, 7) is 7.20. The van der Waals surface area contributed by atoms with Crippen molar-refractivity contribution in [2.24, 2.45) is 0 Å². The molecule has 0 N–H and O–H groups in total. The molecule has 0 spiro atoms. The summed E-state index contributed by atoms with van der Waals surface area (Å²) >= 11 is 0. The molecule has 0 atom stereocenters. The minimum Gasteiger partial charge on any atom is -0.339 e. The maximum absolute atomic E-state index is 12.7. The van der Waals surface area contributed by atoms with Crippen LogP contribution in [0, 0.1) is 6.92 Å². The highest BCUT2D eigenvalue weighted by Gasteiger charge is 2.22. The second kappa shape index (κ2) is 7.54. The van der Waals surface area contributed by atoms with Gasteiger partial charge in [-0.1, -0.05) is 24.3 Å². The van der Waals surface area contributed by atoms with Crippen LogP contribution in [0.2, 0.25) is 0 Å². The fourth-order valence-electron chi connectivity index (χ4n) is 3.86. The van der Waals surface area contributed by atoms with Crippen molar-refractivity contribution in [3.8, 4) is 17.2 Å². The molecular formula is C22H25N5O. The summed E-state index contributed by atoms with van der Waals surface area (Å²) in [5.41, 5.74) is 5.99. The standard InChI is InChI=1S/C22H25N5O/c1-4-26(5-2)21(28)19-14-24-27(15(19)3)22-23-13-17-11-8-10-16-9-6-7-12-18(16)20(17)25-22/h6-7,9,12-14H,4-5,8,10-11H2,1-3H3. The Bertz CT molecular complexity index is 1020. The molecule has 0 saturated carbocycles. The zero-order chi connectivity index (χ0) is 19.7. The molecule has 1 amide bonds. The van der Waals surface area contributed by atoms with Crippen molar-refractivity contribution in [1.82, 2.24) is 24.6 Å². The largest absolute Gasteiger partial charge is 0.339 e. The van der Waals surface area contributed by atoms with E-state index < -0.39 is 0 Å².